The Labute approximate surface area is 197 Å². The average molecular weight is 848 g/mol. The Morgan fingerprint density at radius 2 is 0.905 bits per heavy atom. The van der Waals surface area contributed by atoms with E-state index in [1.54, 1.807) is 5.56 Å². The zero-order chi connectivity index (χ0) is 15.8. The summed E-state index contributed by atoms with van der Waals surface area (Å²) in [5, 5.41) is 0. The Morgan fingerprint density at radius 3 is 1.38 bits per heavy atom. The molecular weight excluding hydrogens is 827 g/mol. The first-order valence-corrected chi connectivity index (χ1v) is 12.9. The molecule has 120 valence electrons. The summed E-state index contributed by atoms with van der Waals surface area (Å²) < 4.78 is 7.25. The molecule has 0 atom stereocenters. The van der Waals surface area contributed by atoms with Gasteiger partial charge in [0.25, 0.3) is 0 Å². The molecule has 21 heavy (non-hydrogen) atoms. The van der Waals surface area contributed by atoms with Crippen LogP contribution in [0.4, 0.5) is 0 Å². The Bertz CT molecular complexity index is 427. The Hall–Kier alpha value is 2.87. The molecule has 0 aliphatic rings. The smallest absolute Gasteiger partial charge is 0.0419 e. The summed E-state index contributed by atoms with van der Waals surface area (Å²) in [6.45, 7) is 2.28. The van der Waals surface area contributed by atoms with Crippen LogP contribution in [0.3, 0.4) is 0 Å². The van der Waals surface area contributed by atoms with Gasteiger partial charge in [-0.25, -0.2) is 0 Å². The molecule has 0 unspecified atom stereocenters. The highest BCUT2D eigenvalue weighted by Gasteiger charge is 2.16. The monoisotopic (exact) mass is 848 g/mol. The van der Waals surface area contributed by atoms with Gasteiger partial charge >= 0.3 is 0 Å². The highest BCUT2D eigenvalue weighted by Crippen LogP contribution is 2.34. The van der Waals surface area contributed by atoms with Crippen molar-refractivity contribution in [1.82, 2.24) is 0 Å². The normalized spacial score (nSPS) is 11.1. The van der Waals surface area contributed by atoms with Crippen LogP contribution < -0.4 is 0 Å². The van der Waals surface area contributed by atoms with Gasteiger partial charge in [-0.15, -0.1) is 0 Å². The summed E-state index contributed by atoms with van der Waals surface area (Å²) in [6, 6.07) is 0. The lowest BCUT2D eigenvalue weighted by molar-refractivity contribution is 0.575. The molecule has 0 bridgehead atoms. The van der Waals surface area contributed by atoms with E-state index in [1.165, 1.54) is 75.6 Å². The third-order valence-electron chi connectivity index (χ3n) is 3.58. The number of unbranched alkanes of at least 4 members (excludes halogenated alkanes) is 7. The highest BCUT2D eigenvalue weighted by molar-refractivity contribution is 14.1. The molecule has 0 radical (unpaired) electrons. The molecule has 0 aliphatic heterocycles. The van der Waals surface area contributed by atoms with Gasteiger partial charge in [0.15, 0.2) is 0 Å². The standard InChI is InChI=1S/C16H21I5/c1-2-3-4-5-6-7-8-9-10-11-12(17)14(19)16(21)15(20)13(11)18/h2-10H2,1H3. The quantitative estimate of drug-likeness (QED) is 0.102. The van der Waals surface area contributed by atoms with Gasteiger partial charge in [0.05, 0.1) is 0 Å². The van der Waals surface area contributed by atoms with E-state index < -0.39 is 0 Å². The van der Waals surface area contributed by atoms with Crippen molar-refractivity contribution in [2.75, 3.05) is 0 Å². The van der Waals surface area contributed by atoms with Gasteiger partial charge in [0.2, 0.25) is 0 Å². The molecule has 0 saturated carbocycles. The molecule has 0 aromatic heterocycles. The molecule has 5 heteroatoms. The van der Waals surface area contributed by atoms with E-state index in [1.807, 2.05) is 0 Å². The Kier molecular flexibility index (Phi) is 12.8. The van der Waals surface area contributed by atoms with E-state index in [-0.39, 0.29) is 0 Å². The summed E-state index contributed by atoms with van der Waals surface area (Å²) >= 11 is 12.6. The summed E-state index contributed by atoms with van der Waals surface area (Å²) in [6.07, 6.45) is 12.4. The van der Waals surface area contributed by atoms with Crippen molar-refractivity contribution >= 4 is 113 Å². The summed E-state index contributed by atoms with van der Waals surface area (Å²) in [4.78, 5) is 0. The Balaban J connectivity index is 2.43. The highest BCUT2D eigenvalue weighted by atomic mass is 127. The Morgan fingerprint density at radius 1 is 0.524 bits per heavy atom. The zero-order valence-corrected chi connectivity index (χ0v) is 23.0. The zero-order valence-electron chi connectivity index (χ0n) is 12.3. The first-order valence-electron chi connectivity index (χ1n) is 7.51. The third kappa shape index (κ3) is 7.33. The maximum atomic E-state index is 2.54. The fourth-order valence-electron chi connectivity index (χ4n) is 2.31. The molecule has 0 spiro atoms. The van der Waals surface area contributed by atoms with Crippen molar-refractivity contribution in [3.8, 4) is 0 Å². The maximum absolute atomic E-state index is 2.54. The van der Waals surface area contributed by atoms with Crippen LogP contribution in [0.2, 0.25) is 0 Å². The van der Waals surface area contributed by atoms with Crippen molar-refractivity contribution in [2.45, 2.75) is 64.7 Å². The molecule has 0 amide bonds. The minimum atomic E-state index is 1.24. The molecule has 0 N–H and O–H groups in total. The lowest BCUT2D eigenvalue weighted by Gasteiger charge is -2.14. The molecule has 0 fully saturated rings. The van der Waals surface area contributed by atoms with Crippen LogP contribution in [0, 0.1) is 17.9 Å². The molecule has 0 nitrogen and oxygen atoms in total. The van der Waals surface area contributed by atoms with E-state index in [0.29, 0.717) is 0 Å². The van der Waals surface area contributed by atoms with Crippen LogP contribution in [0.25, 0.3) is 0 Å². The lowest BCUT2D eigenvalue weighted by Crippen LogP contribution is -2.03. The fraction of sp³-hybridized carbons (Fsp3) is 0.625. The molecule has 0 heterocycles. The molecule has 1 aromatic rings. The minimum absolute atomic E-state index is 1.24. The number of hydrogen-bond donors (Lipinski definition) is 0. The van der Waals surface area contributed by atoms with Crippen LogP contribution in [-0.4, -0.2) is 0 Å². The number of halogens is 5. The van der Waals surface area contributed by atoms with Gasteiger partial charge in [-0.3, -0.25) is 0 Å². The second-order valence-electron chi connectivity index (χ2n) is 5.27. The van der Waals surface area contributed by atoms with Crippen LogP contribution in [-0.2, 0) is 6.42 Å². The van der Waals surface area contributed by atoms with Crippen molar-refractivity contribution in [3.05, 3.63) is 23.4 Å². The topological polar surface area (TPSA) is 0 Å². The summed E-state index contributed by atoms with van der Waals surface area (Å²) in [5.74, 6) is 0. The second kappa shape index (κ2) is 12.3. The van der Waals surface area contributed by atoms with Gasteiger partial charge < -0.3 is 0 Å². The van der Waals surface area contributed by atoms with E-state index in [0.717, 1.165) is 0 Å². The largest absolute Gasteiger partial charge is 0.0654 e. The van der Waals surface area contributed by atoms with E-state index >= 15 is 0 Å². The average Bonchev–Trinajstić information content (AvgIpc) is 2.49. The van der Waals surface area contributed by atoms with Crippen LogP contribution in [0.5, 0.6) is 0 Å². The van der Waals surface area contributed by atoms with Crippen molar-refractivity contribution in [3.63, 3.8) is 0 Å². The number of benzene rings is 1. The molecule has 1 rings (SSSR count). The first-order chi connectivity index (χ1) is 10.0. The number of rotatable bonds is 9. The van der Waals surface area contributed by atoms with E-state index in [4.69, 9.17) is 0 Å². The van der Waals surface area contributed by atoms with E-state index in [2.05, 4.69) is 120 Å². The maximum Gasteiger partial charge on any atom is 0.0419 e. The van der Waals surface area contributed by atoms with Crippen molar-refractivity contribution in [2.24, 2.45) is 0 Å². The van der Waals surface area contributed by atoms with Gasteiger partial charge in [-0.1, -0.05) is 51.9 Å². The van der Waals surface area contributed by atoms with Crippen LogP contribution in [0.1, 0.15) is 63.9 Å². The van der Waals surface area contributed by atoms with Crippen LogP contribution in [0.15, 0.2) is 0 Å². The van der Waals surface area contributed by atoms with Crippen molar-refractivity contribution < 1.29 is 0 Å². The van der Waals surface area contributed by atoms with E-state index in [9.17, 15) is 0 Å². The predicted octanol–water partition coefficient (Wildman–Crippen LogP) is 8.39. The van der Waals surface area contributed by atoms with Gasteiger partial charge in [0.1, 0.15) is 0 Å². The first kappa shape index (κ1) is 21.9. The summed E-state index contributed by atoms with van der Waals surface area (Å²) in [7, 11) is 0. The molecule has 0 aliphatic carbocycles. The fourth-order valence-corrected chi connectivity index (χ4v) is 7.72. The molecule has 1 aromatic carbocycles. The summed E-state index contributed by atoms with van der Waals surface area (Å²) in [5.41, 5.74) is 1.58. The van der Waals surface area contributed by atoms with Crippen LogP contribution >= 0.6 is 113 Å². The molecular formula is C16H21I5. The number of hydrogen-bond acceptors (Lipinski definition) is 0. The SMILES string of the molecule is CCCCCCCCCCc1c(I)c(I)c(I)c(I)c1I. The second-order valence-corrected chi connectivity index (χ2v) is 10.7. The minimum Gasteiger partial charge on any atom is -0.0654 e. The van der Waals surface area contributed by atoms with Gasteiger partial charge in [0, 0.05) is 17.9 Å². The lowest BCUT2D eigenvalue weighted by atomic mass is 10.0. The predicted molar refractivity (Wildman–Crippen MR) is 136 cm³/mol. The molecule has 0 saturated heterocycles. The van der Waals surface area contributed by atoms with Gasteiger partial charge in [-0.2, -0.15) is 0 Å². The third-order valence-corrected chi connectivity index (χ3v) is 13.3. The van der Waals surface area contributed by atoms with Crippen molar-refractivity contribution in [1.29, 1.82) is 0 Å². The van der Waals surface area contributed by atoms with Gasteiger partial charge in [-0.05, 0) is 131 Å².